The second-order valence-corrected chi connectivity index (χ2v) is 8.10. The summed E-state index contributed by atoms with van der Waals surface area (Å²) < 4.78 is 14.0. The van der Waals surface area contributed by atoms with Crippen molar-refractivity contribution in [2.75, 3.05) is 13.2 Å². The zero-order valence-electron chi connectivity index (χ0n) is 16.9. The van der Waals surface area contributed by atoms with E-state index < -0.39 is 5.79 Å². The molecule has 0 unspecified atom stereocenters. The number of nitrogens with one attached hydrogen (secondary N) is 1. The molecule has 1 aromatic carbocycles. The van der Waals surface area contributed by atoms with Gasteiger partial charge in [-0.05, 0) is 73.8 Å². The fourth-order valence-corrected chi connectivity index (χ4v) is 3.95. The molecular formula is C21H26BrN3O3. The number of amides is 1. The first-order chi connectivity index (χ1) is 13.2. The monoisotopic (exact) mass is 447 g/mol. The lowest BCUT2D eigenvalue weighted by Gasteiger charge is -2.20. The fourth-order valence-electron chi connectivity index (χ4n) is 3.38. The molecule has 1 aliphatic heterocycles. The molecule has 2 aromatic rings. The second-order valence-electron chi connectivity index (χ2n) is 7.30. The second kappa shape index (κ2) is 8.19. The molecule has 1 amide bonds. The molecule has 0 saturated carbocycles. The summed E-state index contributed by atoms with van der Waals surface area (Å²) in [5.74, 6) is -1.11. The highest BCUT2D eigenvalue weighted by atomic mass is 79.9. The number of ether oxygens (including phenoxy) is 2. The molecule has 0 spiro atoms. The zero-order chi connectivity index (χ0) is 20.5. The van der Waals surface area contributed by atoms with E-state index in [0.717, 1.165) is 27.1 Å². The molecule has 0 aliphatic carbocycles. The van der Waals surface area contributed by atoms with Crippen molar-refractivity contribution in [3.8, 4) is 5.69 Å². The number of hydrazone groups is 1. The average Bonchev–Trinajstić information content (AvgIpc) is 3.14. The van der Waals surface area contributed by atoms with Crippen molar-refractivity contribution in [1.29, 1.82) is 0 Å². The van der Waals surface area contributed by atoms with E-state index >= 15 is 0 Å². The van der Waals surface area contributed by atoms with Crippen LogP contribution < -0.4 is 5.43 Å². The van der Waals surface area contributed by atoms with Gasteiger partial charge in [-0.15, -0.1) is 0 Å². The normalized spacial score (nSPS) is 16.1. The van der Waals surface area contributed by atoms with E-state index in [9.17, 15) is 4.79 Å². The Kier molecular flexibility index (Phi) is 6.07. The molecule has 1 saturated heterocycles. The largest absolute Gasteiger partial charge is 0.347 e. The third-order valence-corrected chi connectivity index (χ3v) is 6.13. The first-order valence-corrected chi connectivity index (χ1v) is 10.1. The predicted molar refractivity (Wildman–Crippen MR) is 113 cm³/mol. The number of halogens is 1. The van der Waals surface area contributed by atoms with E-state index in [-0.39, 0.29) is 12.3 Å². The van der Waals surface area contributed by atoms with Gasteiger partial charge in [-0.2, -0.15) is 5.10 Å². The van der Waals surface area contributed by atoms with Gasteiger partial charge in [0.15, 0.2) is 5.79 Å². The lowest BCUT2D eigenvalue weighted by atomic mass is 10.1. The Bertz CT molecular complexity index is 927. The number of rotatable bonds is 5. The molecule has 6 nitrogen and oxygen atoms in total. The van der Waals surface area contributed by atoms with Crippen molar-refractivity contribution in [2.45, 2.75) is 46.8 Å². The topological polar surface area (TPSA) is 64.9 Å². The molecule has 0 radical (unpaired) electrons. The van der Waals surface area contributed by atoms with Gasteiger partial charge >= 0.3 is 0 Å². The first-order valence-electron chi connectivity index (χ1n) is 9.27. The van der Waals surface area contributed by atoms with Crippen LogP contribution in [0.25, 0.3) is 5.69 Å². The van der Waals surface area contributed by atoms with Crippen LogP contribution in [0.3, 0.4) is 0 Å². The predicted octanol–water partition coefficient (Wildman–Crippen LogP) is 4.08. The molecule has 1 N–H and O–H groups in total. The minimum absolute atomic E-state index is 0.104. The van der Waals surface area contributed by atoms with Gasteiger partial charge in [-0.1, -0.05) is 6.07 Å². The molecule has 1 aromatic heterocycles. The van der Waals surface area contributed by atoms with Crippen molar-refractivity contribution in [1.82, 2.24) is 9.99 Å². The van der Waals surface area contributed by atoms with Gasteiger partial charge in [0.1, 0.15) is 0 Å². The van der Waals surface area contributed by atoms with E-state index in [1.54, 1.807) is 13.1 Å². The number of carbonyl (C=O) groups excluding carboxylic acids is 1. The van der Waals surface area contributed by atoms with Crippen LogP contribution in [0.15, 0.2) is 27.8 Å². The molecule has 7 heteroatoms. The SMILES string of the molecule is Cc1ccc(-n2c(C)c(Br)c(/C=N\NC(=O)CC3(C)OCCO3)c2C)cc1C. The summed E-state index contributed by atoms with van der Waals surface area (Å²) in [6, 6.07) is 6.41. The van der Waals surface area contributed by atoms with Crippen LogP contribution in [-0.4, -0.2) is 35.7 Å². The number of nitrogens with zero attached hydrogens (tertiary/aromatic N) is 2. The Balaban J connectivity index is 1.78. The van der Waals surface area contributed by atoms with Crippen LogP contribution >= 0.6 is 15.9 Å². The smallest absolute Gasteiger partial charge is 0.245 e. The Morgan fingerprint density at radius 1 is 1.21 bits per heavy atom. The van der Waals surface area contributed by atoms with Crippen LogP contribution in [-0.2, 0) is 14.3 Å². The highest BCUT2D eigenvalue weighted by Gasteiger charge is 2.33. The average molecular weight is 448 g/mol. The lowest BCUT2D eigenvalue weighted by molar-refractivity contribution is -0.159. The van der Waals surface area contributed by atoms with Crippen molar-refractivity contribution >= 4 is 28.1 Å². The van der Waals surface area contributed by atoms with Gasteiger partial charge in [0.25, 0.3) is 0 Å². The number of aromatic nitrogens is 1. The molecule has 1 aliphatic rings. The van der Waals surface area contributed by atoms with Crippen LogP contribution in [0.5, 0.6) is 0 Å². The number of carbonyl (C=O) groups is 1. The van der Waals surface area contributed by atoms with Crippen molar-refractivity contribution in [3.63, 3.8) is 0 Å². The van der Waals surface area contributed by atoms with Gasteiger partial charge in [-0.25, -0.2) is 5.43 Å². The number of hydrogen-bond donors (Lipinski definition) is 1. The standard InChI is InChI=1S/C21H26BrN3O3/c1-13-6-7-17(10-14(13)2)25-15(3)18(20(22)16(25)4)12-23-24-19(26)11-21(5)27-8-9-28-21/h6-7,10,12H,8-9,11H2,1-5H3,(H,24,26)/b23-12-. The quantitative estimate of drug-likeness (QED) is 0.554. The van der Waals surface area contributed by atoms with Crippen LogP contribution in [0, 0.1) is 27.7 Å². The van der Waals surface area contributed by atoms with E-state index in [1.807, 2.05) is 6.92 Å². The molecule has 1 fully saturated rings. The minimum atomic E-state index is -0.862. The third kappa shape index (κ3) is 4.21. The van der Waals surface area contributed by atoms with Crippen molar-refractivity contribution in [2.24, 2.45) is 5.10 Å². The minimum Gasteiger partial charge on any atom is -0.347 e. The summed E-state index contributed by atoms with van der Waals surface area (Å²) >= 11 is 3.66. The summed E-state index contributed by atoms with van der Waals surface area (Å²) in [5, 5.41) is 4.14. The number of aryl methyl sites for hydroxylation is 2. The molecule has 150 valence electrons. The highest BCUT2D eigenvalue weighted by Crippen LogP contribution is 2.30. The summed E-state index contributed by atoms with van der Waals surface area (Å²) in [6.45, 7) is 11.1. The highest BCUT2D eigenvalue weighted by molar-refractivity contribution is 9.10. The fraction of sp³-hybridized carbons (Fsp3) is 0.429. The van der Waals surface area contributed by atoms with Gasteiger partial charge in [0.05, 0.1) is 25.8 Å². The Hall–Kier alpha value is -1.96. The van der Waals surface area contributed by atoms with Crippen LogP contribution in [0.4, 0.5) is 0 Å². The summed E-state index contributed by atoms with van der Waals surface area (Å²) in [7, 11) is 0. The molecule has 3 rings (SSSR count). The molecular weight excluding hydrogens is 422 g/mol. The van der Waals surface area contributed by atoms with Gasteiger partial charge in [0, 0.05) is 27.1 Å². The van der Waals surface area contributed by atoms with E-state index in [2.05, 4.69) is 70.0 Å². The zero-order valence-corrected chi connectivity index (χ0v) is 18.5. The van der Waals surface area contributed by atoms with E-state index in [1.165, 1.54) is 11.1 Å². The third-order valence-electron chi connectivity index (χ3n) is 5.13. The summed E-state index contributed by atoms with van der Waals surface area (Å²) in [6.07, 6.45) is 1.77. The maximum absolute atomic E-state index is 12.1. The summed E-state index contributed by atoms with van der Waals surface area (Å²) in [4.78, 5) is 12.1. The van der Waals surface area contributed by atoms with E-state index in [4.69, 9.17) is 9.47 Å². The molecule has 0 atom stereocenters. The maximum Gasteiger partial charge on any atom is 0.245 e. The molecule has 2 heterocycles. The Morgan fingerprint density at radius 3 is 2.54 bits per heavy atom. The van der Waals surface area contributed by atoms with Crippen molar-refractivity contribution < 1.29 is 14.3 Å². The van der Waals surface area contributed by atoms with E-state index in [0.29, 0.717) is 13.2 Å². The first kappa shape index (κ1) is 20.8. The molecule has 28 heavy (non-hydrogen) atoms. The van der Waals surface area contributed by atoms with Crippen LogP contribution in [0.1, 0.15) is 41.4 Å². The van der Waals surface area contributed by atoms with Crippen molar-refractivity contribution in [3.05, 3.63) is 50.8 Å². The summed E-state index contributed by atoms with van der Waals surface area (Å²) in [5.41, 5.74) is 9.22. The lowest BCUT2D eigenvalue weighted by Crippen LogP contribution is -2.33. The van der Waals surface area contributed by atoms with Gasteiger partial charge < -0.3 is 14.0 Å². The van der Waals surface area contributed by atoms with Gasteiger partial charge in [-0.3, -0.25) is 4.79 Å². The van der Waals surface area contributed by atoms with Gasteiger partial charge in [0.2, 0.25) is 5.91 Å². The Labute approximate surface area is 174 Å². The number of hydrogen-bond acceptors (Lipinski definition) is 4. The number of benzene rings is 1. The Morgan fingerprint density at radius 2 is 1.89 bits per heavy atom. The molecule has 0 bridgehead atoms. The van der Waals surface area contributed by atoms with Crippen LogP contribution in [0.2, 0.25) is 0 Å². The maximum atomic E-state index is 12.1.